The lowest BCUT2D eigenvalue weighted by Crippen LogP contribution is -2.46. The zero-order chi connectivity index (χ0) is 30.5. The number of nitrogens with two attached hydrogens (primary N) is 1. The molecule has 1 aromatic heterocycles. The minimum Gasteiger partial charge on any atom is -0.460 e. The highest BCUT2D eigenvalue weighted by Crippen LogP contribution is 2.39. The van der Waals surface area contributed by atoms with E-state index in [-0.39, 0.29) is 27.8 Å². The normalized spacial score (nSPS) is 20.5. The van der Waals surface area contributed by atoms with Crippen molar-refractivity contribution in [2.45, 2.75) is 63.4 Å². The van der Waals surface area contributed by atoms with Gasteiger partial charge in [-0.1, -0.05) is 57.2 Å². The van der Waals surface area contributed by atoms with E-state index < -0.39 is 38.5 Å². The first-order valence-corrected chi connectivity index (χ1v) is 17.3. The second-order valence-corrected chi connectivity index (χ2v) is 17.0. The van der Waals surface area contributed by atoms with Crippen LogP contribution in [0.4, 0.5) is 17.2 Å². The van der Waals surface area contributed by atoms with Gasteiger partial charge in [0.1, 0.15) is 11.9 Å². The summed E-state index contributed by atoms with van der Waals surface area (Å²) in [6, 6.07) is 20.3. The minimum absolute atomic E-state index is 0.0413. The zero-order valence-electron chi connectivity index (χ0n) is 24.3. The molecule has 0 radical (unpaired) electrons. The van der Waals surface area contributed by atoms with Gasteiger partial charge in [-0.25, -0.2) is 4.79 Å². The summed E-state index contributed by atoms with van der Waals surface area (Å²) >= 11 is 11.2. The minimum atomic E-state index is -2.19. The standard InChI is InChI=1S/C29H37N5O5S2Si/c1-29(2,3)42(4,5)36-18-21-23(38-27(40)31-19-12-8-6-9-13-19)24(39-28(41)32-20-14-10-7-11-15-20)25(37-21)34-17-16-22(30)33-26(34)35/h6-17,21,23-25H,18H2,1-5H3,(H,31,40)(H,32,41)(H2,30,33,35)/t21-,23-,24-,25-/m1/s1. The third kappa shape index (κ3) is 7.92. The molecule has 0 amide bonds. The smallest absolute Gasteiger partial charge is 0.351 e. The summed E-state index contributed by atoms with van der Waals surface area (Å²) in [4.78, 5) is 16.8. The van der Waals surface area contributed by atoms with Crippen molar-refractivity contribution in [3.05, 3.63) is 83.4 Å². The molecule has 1 aliphatic heterocycles. The summed E-state index contributed by atoms with van der Waals surface area (Å²) in [5, 5.41) is 6.29. The van der Waals surface area contributed by atoms with Gasteiger partial charge in [-0.05, 0) is 72.9 Å². The summed E-state index contributed by atoms with van der Waals surface area (Å²) in [6.45, 7) is 11.0. The Morgan fingerprint density at radius 1 is 0.952 bits per heavy atom. The van der Waals surface area contributed by atoms with Crippen LogP contribution >= 0.6 is 24.4 Å². The molecule has 0 saturated carbocycles. The second kappa shape index (κ2) is 13.3. The van der Waals surface area contributed by atoms with Crippen molar-refractivity contribution in [2.75, 3.05) is 23.0 Å². The fourth-order valence-corrected chi connectivity index (χ4v) is 5.52. The molecule has 10 nitrogen and oxygen atoms in total. The molecule has 1 saturated heterocycles. The monoisotopic (exact) mass is 627 g/mol. The number of nitrogen functional groups attached to an aromatic ring is 1. The highest BCUT2D eigenvalue weighted by atomic mass is 32.1. The van der Waals surface area contributed by atoms with Gasteiger partial charge in [-0.2, -0.15) is 4.98 Å². The Kier molecular flexibility index (Phi) is 10.00. The van der Waals surface area contributed by atoms with Gasteiger partial charge < -0.3 is 35.0 Å². The van der Waals surface area contributed by atoms with Crippen LogP contribution in [0.3, 0.4) is 0 Å². The van der Waals surface area contributed by atoms with Gasteiger partial charge in [0.05, 0.1) is 6.61 Å². The quantitative estimate of drug-likeness (QED) is 0.223. The predicted molar refractivity (Wildman–Crippen MR) is 175 cm³/mol. The Balaban J connectivity index is 1.67. The van der Waals surface area contributed by atoms with Crippen LogP contribution in [0.5, 0.6) is 0 Å². The average Bonchev–Trinajstić information content (AvgIpc) is 3.24. The lowest BCUT2D eigenvalue weighted by molar-refractivity contribution is -0.0504. The molecule has 3 aromatic rings. The van der Waals surface area contributed by atoms with E-state index in [1.807, 2.05) is 60.7 Å². The number of nitrogens with zero attached hydrogens (tertiary/aromatic N) is 2. The summed E-state index contributed by atoms with van der Waals surface area (Å²) in [7, 11) is -2.19. The number of ether oxygens (including phenoxy) is 3. The van der Waals surface area contributed by atoms with E-state index in [1.165, 1.54) is 16.8 Å². The predicted octanol–water partition coefficient (Wildman–Crippen LogP) is 5.31. The lowest BCUT2D eigenvalue weighted by atomic mass is 10.1. The number of hydrogen-bond acceptors (Lipinski definition) is 9. The fourth-order valence-electron chi connectivity index (χ4n) is 4.05. The molecule has 4 N–H and O–H groups in total. The van der Waals surface area contributed by atoms with Crippen LogP contribution in [0.1, 0.15) is 27.0 Å². The van der Waals surface area contributed by atoms with E-state index in [0.717, 1.165) is 11.4 Å². The maximum atomic E-state index is 13.0. The second-order valence-electron chi connectivity index (χ2n) is 11.4. The Morgan fingerprint density at radius 3 is 1.98 bits per heavy atom. The topological polar surface area (TPSA) is 122 Å². The highest BCUT2D eigenvalue weighted by Gasteiger charge is 2.51. The maximum absolute atomic E-state index is 13.0. The number of rotatable bonds is 8. The molecular weight excluding hydrogens is 591 g/mol. The van der Waals surface area contributed by atoms with E-state index in [0.29, 0.717) is 0 Å². The number of benzene rings is 2. The van der Waals surface area contributed by atoms with Gasteiger partial charge in [-0.3, -0.25) is 4.57 Å². The van der Waals surface area contributed by atoms with Crippen LogP contribution in [-0.2, 0) is 18.6 Å². The van der Waals surface area contributed by atoms with Crippen LogP contribution in [-0.4, -0.2) is 53.1 Å². The van der Waals surface area contributed by atoms with Gasteiger partial charge in [0.2, 0.25) is 0 Å². The van der Waals surface area contributed by atoms with Crippen LogP contribution in [0, 0.1) is 0 Å². The Hall–Kier alpha value is -3.36. The van der Waals surface area contributed by atoms with Gasteiger partial charge in [0.25, 0.3) is 10.3 Å². The average molecular weight is 628 g/mol. The first-order chi connectivity index (χ1) is 19.8. The number of aromatic nitrogens is 2. The fraction of sp³-hybridized carbons (Fsp3) is 0.379. The van der Waals surface area contributed by atoms with Crippen LogP contribution in [0.25, 0.3) is 0 Å². The Morgan fingerprint density at radius 2 is 1.48 bits per heavy atom. The number of hydrogen-bond donors (Lipinski definition) is 3. The largest absolute Gasteiger partial charge is 0.460 e. The van der Waals surface area contributed by atoms with E-state index in [4.69, 9.17) is 48.8 Å². The lowest BCUT2D eigenvalue weighted by Gasteiger charge is -2.37. The molecule has 0 unspecified atom stereocenters. The summed E-state index contributed by atoms with van der Waals surface area (Å²) in [5.74, 6) is 0.0897. The van der Waals surface area contributed by atoms with Crippen LogP contribution in [0.15, 0.2) is 77.7 Å². The SMILES string of the molecule is CC(C)(C)[Si](C)(C)OC[C@H]1O[C@@H](n2ccc(N)nc2=O)[C@H](OC(=S)Nc2ccccc2)[C@@H]1OC(=S)Nc1ccccc1. The molecule has 0 spiro atoms. The third-order valence-corrected chi connectivity index (χ3v) is 12.2. The molecule has 224 valence electrons. The van der Waals surface area contributed by atoms with Crippen molar-refractivity contribution in [1.82, 2.24) is 9.55 Å². The van der Waals surface area contributed by atoms with Crippen molar-refractivity contribution in [3.8, 4) is 0 Å². The van der Waals surface area contributed by atoms with E-state index in [9.17, 15) is 4.79 Å². The number of para-hydroxylation sites is 2. The first kappa shape index (κ1) is 31.6. The summed E-state index contributed by atoms with van der Waals surface area (Å²) in [6.07, 6.45) is -1.87. The van der Waals surface area contributed by atoms with Crippen LogP contribution in [0.2, 0.25) is 18.1 Å². The van der Waals surface area contributed by atoms with E-state index in [2.05, 4.69) is 49.5 Å². The first-order valence-electron chi connectivity index (χ1n) is 13.5. The molecule has 2 heterocycles. The molecule has 1 aliphatic rings. The highest BCUT2D eigenvalue weighted by molar-refractivity contribution is 7.80. The Labute approximate surface area is 257 Å². The van der Waals surface area contributed by atoms with Crippen molar-refractivity contribution in [2.24, 2.45) is 0 Å². The van der Waals surface area contributed by atoms with Crippen molar-refractivity contribution in [1.29, 1.82) is 0 Å². The maximum Gasteiger partial charge on any atom is 0.351 e. The number of anilines is 3. The molecule has 4 atom stereocenters. The summed E-state index contributed by atoms with van der Waals surface area (Å²) < 4.78 is 26.9. The van der Waals surface area contributed by atoms with E-state index in [1.54, 1.807) is 0 Å². The van der Waals surface area contributed by atoms with Crippen LogP contribution < -0.4 is 22.1 Å². The zero-order valence-corrected chi connectivity index (χ0v) is 26.9. The van der Waals surface area contributed by atoms with Crippen molar-refractivity contribution >= 4 is 60.3 Å². The molecule has 2 aromatic carbocycles. The number of nitrogens with one attached hydrogen (secondary N) is 2. The van der Waals surface area contributed by atoms with Gasteiger partial charge in [0.15, 0.2) is 26.8 Å². The molecule has 13 heteroatoms. The van der Waals surface area contributed by atoms with E-state index >= 15 is 0 Å². The third-order valence-electron chi connectivity index (χ3n) is 7.35. The van der Waals surface area contributed by atoms with Crippen molar-refractivity contribution in [3.63, 3.8) is 0 Å². The molecule has 4 rings (SSSR count). The molecule has 0 aliphatic carbocycles. The summed E-state index contributed by atoms with van der Waals surface area (Å²) in [5.41, 5.74) is 6.65. The number of thiocarbonyl (C=S) groups is 2. The van der Waals surface area contributed by atoms with Gasteiger partial charge >= 0.3 is 5.69 Å². The van der Waals surface area contributed by atoms with Gasteiger partial charge in [0, 0.05) is 17.6 Å². The molecule has 1 fully saturated rings. The van der Waals surface area contributed by atoms with Gasteiger partial charge in [-0.15, -0.1) is 0 Å². The Bertz CT molecular complexity index is 1440. The molecular formula is C29H37N5O5S2Si. The van der Waals surface area contributed by atoms with Crippen molar-refractivity contribution < 1.29 is 18.6 Å². The molecule has 42 heavy (non-hydrogen) atoms. The molecule has 0 bridgehead atoms.